The maximum Gasteiger partial charge on any atom is 0.335 e. The van der Waals surface area contributed by atoms with Gasteiger partial charge >= 0.3 is 23.9 Å². The van der Waals surface area contributed by atoms with Crippen LogP contribution in [0.1, 0.15) is 41.4 Å². The van der Waals surface area contributed by atoms with Crippen LogP contribution in [0, 0.1) is 0 Å². The largest absolute Gasteiger partial charge is 0.478 e. The lowest BCUT2D eigenvalue weighted by Crippen LogP contribution is -1.95. The van der Waals surface area contributed by atoms with Gasteiger partial charge in [-0.1, -0.05) is 97.1 Å². The molecular weight excluding hydrogens is 761 g/mol. The lowest BCUT2D eigenvalue weighted by atomic mass is 9.97. The van der Waals surface area contributed by atoms with Gasteiger partial charge in [0, 0.05) is 33.4 Å². The summed E-state index contributed by atoms with van der Waals surface area (Å²) in [5.41, 5.74) is 11.1. The highest BCUT2D eigenvalue weighted by Crippen LogP contribution is 2.39. The van der Waals surface area contributed by atoms with Crippen molar-refractivity contribution in [2.75, 3.05) is 0 Å². The summed E-state index contributed by atoms with van der Waals surface area (Å²) in [7, 11) is 0. The van der Waals surface area contributed by atoms with Gasteiger partial charge in [0.15, 0.2) is 0 Å². The zero-order valence-corrected chi connectivity index (χ0v) is 31.2. The number of imidazole rings is 2. The Labute approximate surface area is 339 Å². The minimum Gasteiger partial charge on any atom is -0.478 e. The van der Waals surface area contributed by atoms with E-state index in [0.717, 1.165) is 55.6 Å². The molecule has 60 heavy (non-hydrogen) atoms. The average molecular weight is 791 g/mol. The molecule has 0 aliphatic carbocycles. The average Bonchev–Trinajstić information content (AvgIpc) is 3.93. The Morgan fingerprint density at radius 3 is 0.817 bits per heavy atom. The minimum atomic E-state index is -1.03. The van der Waals surface area contributed by atoms with Gasteiger partial charge in [-0.25, -0.2) is 29.1 Å². The van der Waals surface area contributed by atoms with Gasteiger partial charge in [-0.2, -0.15) is 0 Å². The van der Waals surface area contributed by atoms with E-state index < -0.39 is 23.9 Å². The summed E-state index contributed by atoms with van der Waals surface area (Å²) in [6, 6.07) is 41.6. The van der Waals surface area contributed by atoms with Crippen molar-refractivity contribution in [3.8, 4) is 67.3 Å². The lowest BCUT2D eigenvalue weighted by Gasteiger charge is -2.08. The number of carbonyl (C=O) groups is 4. The Morgan fingerprint density at radius 2 is 0.550 bits per heavy atom. The van der Waals surface area contributed by atoms with Crippen molar-refractivity contribution in [2.45, 2.75) is 0 Å². The number of nitrogens with zero attached hydrogens (tertiary/aromatic N) is 2. The normalized spacial score (nSPS) is 11.2. The van der Waals surface area contributed by atoms with Gasteiger partial charge in [-0.3, -0.25) is 0 Å². The van der Waals surface area contributed by atoms with Crippen LogP contribution in [0.15, 0.2) is 146 Å². The number of rotatable bonds is 10. The molecule has 0 fully saturated rings. The van der Waals surface area contributed by atoms with Gasteiger partial charge in [-0.15, -0.1) is 0 Å². The molecule has 12 nitrogen and oxygen atoms in total. The zero-order chi connectivity index (χ0) is 41.7. The first kappa shape index (κ1) is 37.0. The van der Waals surface area contributed by atoms with Crippen molar-refractivity contribution in [1.29, 1.82) is 0 Å². The van der Waals surface area contributed by atoms with Gasteiger partial charge < -0.3 is 30.4 Å². The molecule has 0 aliphatic rings. The van der Waals surface area contributed by atoms with E-state index in [1.807, 2.05) is 48.5 Å². The molecule has 0 bridgehead atoms. The number of hydrogen-bond acceptors (Lipinski definition) is 6. The Hall–Kier alpha value is -8.64. The topological polar surface area (TPSA) is 207 Å². The van der Waals surface area contributed by atoms with Crippen molar-refractivity contribution in [3.05, 3.63) is 168 Å². The van der Waals surface area contributed by atoms with E-state index in [1.165, 1.54) is 0 Å². The Bertz CT molecular complexity index is 2760. The van der Waals surface area contributed by atoms with Crippen LogP contribution in [0.2, 0.25) is 0 Å². The monoisotopic (exact) mass is 790 g/mol. The van der Waals surface area contributed by atoms with E-state index in [2.05, 4.69) is 9.97 Å². The van der Waals surface area contributed by atoms with Crippen molar-refractivity contribution in [3.63, 3.8) is 0 Å². The van der Waals surface area contributed by atoms with E-state index in [0.29, 0.717) is 33.7 Å². The number of hydrogen-bond donors (Lipinski definition) is 6. The van der Waals surface area contributed by atoms with E-state index in [4.69, 9.17) is 9.97 Å². The third-order valence-corrected chi connectivity index (χ3v) is 10.5. The predicted octanol–water partition coefficient (Wildman–Crippen LogP) is 10.2. The molecule has 7 aromatic carbocycles. The highest BCUT2D eigenvalue weighted by Gasteiger charge is 2.19. The molecule has 0 spiro atoms. The molecule has 9 rings (SSSR count). The van der Waals surface area contributed by atoms with Crippen LogP contribution in [-0.2, 0) is 0 Å². The van der Waals surface area contributed by atoms with Crippen molar-refractivity contribution < 1.29 is 39.6 Å². The SMILES string of the molecule is O=C(O)c1ccc(-c2ccc(-c3ccc(C(=O)O)cc3)c3[nH]c(-c4ccc(-c5nc6c(-c7ccc(C(=O)O)cc7)ccc(-c7ccc(C(=O)O)cc7)c6[nH]5)cc4)nc23)cc1. The smallest absolute Gasteiger partial charge is 0.335 e. The summed E-state index contributed by atoms with van der Waals surface area (Å²) in [6.07, 6.45) is 0. The number of carboxylic acid groups (broad SMARTS) is 4. The van der Waals surface area contributed by atoms with E-state index >= 15 is 0 Å². The first-order chi connectivity index (χ1) is 29.0. The third-order valence-electron chi connectivity index (χ3n) is 10.5. The molecule has 6 N–H and O–H groups in total. The Balaban J connectivity index is 1.13. The molecule has 0 saturated heterocycles. The third kappa shape index (κ3) is 6.69. The molecule has 0 amide bonds. The molecule has 0 atom stereocenters. The maximum absolute atomic E-state index is 11.6. The summed E-state index contributed by atoms with van der Waals surface area (Å²) < 4.78 is 0. The molecule has 290 valence electrons. The van der Waals surface area contributed by atoms with Gasteiger partial charge in [0.05, 0.1) is 44.3 Å². The lowest BCUT2D eigenvalue weighted by molar-refractivity contribution is 0.0686. The summed E-state index contributed by atoms with van der Waals surface area (Å²) >= 11 is 0. The summed E-state index contributed by atoms with van der Waals surface area (Å²) in [5, 5.41) is 37.9. The first-order valence-electron chi connectivity index (χ1n) is 18.5. The fraction of sp³-hybridized carbons (Fsp3) is 0. The first-order valence-corrected chi connectivity index (χ1v) is 18.5. The molecule has 2 aromatic heterocycles. The van der Waals surface area contributed by atoms with Gasteiger partial charge in [0.1, 0.15) is 11.6 Å². The van der Waals surface area contributed by atoms with Gasteiger partial charge in [0.25, 0.3) is 0 Å². The molecule has 0 aliphatic heterocycles. The molecule has 12 heteroatoms. The number of aromatic nitrogens is 4. The highest BCUT2D eigenvalue weighted by atomic mass is 16.4. The molecular formula is C48H30N4O8. The van der Waals surface area contributed by atoms with Crippen LogP contribution in [0.25, 0.3) is 89.4 Å². The van der Waals surface area contributed by atoms with E-state index in [9.17, 15) is 39.6 Å². The fourth-order valence-corrected chi connectivity index (χ4v) is 7.36. The van der Waals surface area contributed by atoms with Gasteiger partial charge in [-0.05, 0) is 70.8 Å². The number of benzene rings is 7. The van der Waals surface area contributed by atoms with Crippen molar-refractivity contribution in [2.24, 2.45) is 0 Å². The number of fused-ring (bicyclic) bond motifs is 2. The molecule has 9 aromatic rings. The van der Waals surface area contributed by atoms with Crippen LogP contribution < -0.4 is 0 Å². The summed E-state index contributed by atoms with van der Waals surface area (Å²) in [4.78, 5) is 63.3. The summed E-state index contributed by atoms with van der Waals surface area (Å²) in [5.74, 6) is -2.97. The number of H-pyrrole nitrogens is 2. The van der Waals surface area contributed by atoms with Crippen LogP contribution in [-0.4, -0.2) is 64.2 Å². The van der Waals surface area contributed by atoms with Crippen molar-refractivity contribution in [1.82, 2.24) is 19.9 Å². The number of aromatic carboxylic acids is 4. The second-order valence-electron chi connectivity index (χ2n) is 14.0. The Morgan fingerprint density at radius 1 is 0.317 bits per heavy atom. The quantitative estimate of drug-likeness (QED) is 0.0772. The van der Waals surface area contributed by atoms with E-state index in [1.54, 1.807) is 97.1 Å². The molecule has 2 heterocycles. The number of carboxylic acids is 4. The molecule has 0 saturated carbocycles. The molecule has 0 unspecified atom stereocenters. The van der Waals surface area contributed by atoms with Crippen LogP contribution in [0.4, 0.5) is 0 Å². The fourth-order valence-electron chi connectivity index (χ4n) is 7.36. The maximum atomic E-state index is 11.6. The van der Waals surface area contributed by atoms with Crippen molar-refractivity contribution >= 4 is 45.9 Å². The highest BCUT2D eigenvalue weighted by molar-refractivity contribution is 6.04. The zero-order valence-electron chi connectivity index (χ0n) is 31.2. The molecule has 0 radical (unpaired) electrons. The standard InChI is InChI=1S/C48H30N4O8/c53-45(54)31-13-1-25(2-14-31)35-21-22-36(26-3-15-32(16-4-26)46(55)56)40-39(35)49-43(50-40)29-9-11-30(12-10-29)44-51-41-37(27-5-17-33(18-6-27)47(57)58)23-24-38(42(41)52-44)28-7-19-34(20-8-28)48(59)60/h1-24H,(H,49,50)(H,51,52)(H,53,54)(H,55,56)(H,57,58)(H,59,60). The Kier molecular flexibility index (Phi) is 9.06. The minimum absolute atomic E-state index is 0.161. The van der Waals surface area contributed by atoms with Crippen LogP contribution >= 0.6 is 0 Å². The van der Waals surface area contributed by atoms with E-state index in [-0.39, 0.29) is 22.3 Å². The van der Waals surface area contributed by atoms with Crippen LogP contribution in [0.3, 0.4) is 0 Å². The second kappa shape index (κ2) is 14.7. The number of aromatic amines is 2. The van der Waals surface area contributed by atoms with Crippen LogP contribution in [0.5, 0.6) is 0 Å². The second-order valence-corrected chi connectivity index (χ2v) is 14.0. The predicted molar refractivity (Wildman–Crippen MR) is 226 cm³/mol. The number of nitrogens with one attached hydrogen (secondary N) is 2. The summed E-state index contributed by atoms with van der Waals surface area (Å²) in [6.45, 7) is 0. The van der Waals surface area contributed by atoms with Gasteiger partial charge in [0.2, 0.25) is 0 Å².